The Labute approximate surface area is 97.1 Å². The Morgan fingerprint density at radius 3 is 2.69 bits per heavy atom. The van der Waals surface area contributed by atoms with Crippen LogP contribution in [0.25, 0.3) is 0 Å². The quantitative estimate of drug-likeness (QED) is 0.796. The molecule has 1 aromatic carbocycles. The molecule has 0 aliphatic carbocycles. The van der Waals surface area contributed by atoms with Gasteiger partial charge < -0.3 is 10.4 Å². The minimum absolute atomic E-state index is 0.294. The first-order valence-corrected chi connectivity index (χ1v) is 5.93. The van der Waals surface area contributed by atoms with Gasteiger partial charge in [0, 0.05) is 37.8 Å². The van der Waals surface area contributed by atoms with Crippen LogP contribution in [0.3, 0.4) is 0 Å². The lowest BCUT2D eigenvalue weighted by Crippen LogP contribution is -2.44. The highest BCUT2D eigenvalue weighted by Crippen LogP contribution is 2.29. The van der Waals surface area contributed by atoms with Gasteiger partial charge in [0.15, 0.2) is 0 Å². The lowest BCUT2D eigenvalue weighted by atomic mass is 10.0. The predicted molar refractivity (Wildman–Crippen MR) is 65.7 cm³/mol. The maximum atomic E-state index is 9.89. The fourth-order valence-corrected chi connectivity index (χ4v) is 2.27. The van der Waals surface area contributed by atoms with E-state index in [1.54, 1.807) is 6.07 Å². The average Bonchev–Trinajstić information content (AvgIpc) is 2.32. The molecule has 0 radical (unpaired) electrons. The van der Waals surface area contributed by atoms with E-state index in [1.165, 1.54) is 5.56 Å². The van der Waals surface area contributed by atoms with Crippen molar-refractivity contribution >= 4 is 0 Å². The Kier molecular flexibility index (Phi) is 3.46. The monoisotopic (exact) mass is 220 g/mol. The van der Waals surface area contributed by atoms with Crippen molar-refractivity contribution in [3.63, 3.8) is 0 Å². The molecule has 0 amide bonds. The van der Waals surface area contributed by atoms with Crippen LogP contribution >= 0.6 is 0 Å². The molecule has 0 spiro atoms. The van der Waals surface area contributed by atoms with Crippen molar-refractivity contribution in [2.24, 2.45) is 0 Å². The predicted octanol–water partition coefficient (Wildman–Crippen LogP) is 1.67. The van der Waals surface area contributed by atoms with Crippen LogP contribution in [0.2, 0.25) is 0 Å². The highest BCUT2D eigenvalue weighted by Gasteiger charge is 2.20. The number of phenolic OH excluding ortho intramolecular Hbond substituents is 1. The largest absolute Gasteiger partial charge is 0.508 e. The molecule has 0 aromatic heterocycles. The molecule has 2 rings (SSSR count). The fourth-order valence-electron chi connectivity index (χ4n) is 2.27. The molecule has 88 valence electrons. The molecule has 16 heavy (non-hydrogen) atoms. The highest BCUT2D eigenvalue weighted by molar-refractivity contribution is 5.37. The van der Waals surface area contributed by atoms with E-state index < -0.39 is 0 Å². The number of hydrogen-bond donors (Lipinski definition) is 2. The van der Waals surface area contributed by atoms with Crippen molar-refractivity contribution in [2.75, 3.05) is 26.2 Å². The number of aromatic hydroxyl groups is 1. The van der Waals surface area contributed by atoms with Gasteiger partial charge in [0.2, 0.25) is 0 Å². The van der Waals surface area contributed by atoms with Gasteiger partial charge in [-0.25, -0.2) is 0 Å². The van der Waals surface area contributed by atoms with Crippen LogP contribution in [0.4, 0.5) is 0 Å². The zero-order chi connectivity index (χ0) is 11.5. The van der Waals surface area contributed by atoms with E-state index >= 15 is 0 Å². The van der Waals surface area contributed by atoms with E-state index in [2.05, 4.69) is 30.1 Å². The van der Waals surface area contributed by atoms with Crippen LogP contribution in [-0.2, 0) is 0 Å². The second-order valence-electron chi connectivity index (χ2n) is 4.52. The zero-order valence-electron chi connectivity index (χ0n) is 10.0. The minimum Gasteiger partial charge on any atom is -0.508 e. The Balaban J connectivity index is 2.18. The first-order valence-electron chi connectivity index (χ1n) is 5.93. The summed E-state index contributed by atoms with van der Waals surface area (Å²) in [5, 5.41) is 13.2. The van der Waals surface area contributed by atoms with Crippen LogP contribution in [0.1, 0.15) is 24.1 Å². The zero-order valence-corrected chi connectivity index (χ0v) is 10.0. The van der Waals surface area contributed by atoms with Gasteiger partial charge in [0.05, 0.1) is 0 Å². The molecule has 1 unspecified atom stereocenters. The Bertz CT molecular complexity index is 359. The van der Waals surface area contributed by atoms with Crippen LogP contribution in [-0.4, -0.2) is 36.2 Å². The summed E-state index contributed by atoms with van der Waals surface area (Å²) in [7, 11) is 0. The summed E-state index contributed by atoms with van der Waals surface area (Å²) in [5.41, 5.74) is 2.25. The maximum Gasteiger partial charge on any atom is 0.120 e. The van der Waals surface area contributed by atoms with Gasteiger partial charge >= 0.3 is 0 Å². The summed E-state index contributed by atoms with van der Waals surface area (Å²) in [6, 6.07) is 6.12. The van der Waals surface area contributed by atoms with E-state index in [0.29, 0.717) is 11.8 Å². The standard InChI is InChI=1S/C13H20N2O/c1-10-3-4-13(16)12(9-10)11(2)15-7-5-14-6-8-15/h3-4,9,11,14,16H,5-8H2,1-2H3. The number of hydrogen-bond acceptors (Lipinski definition) is 3. The second-order valence-corrected chi connectivity index (χ2v) is 4.52. The first-order chi connectivity index (χ1) is 7.68. The van der Waals surface area contributed by atoms with Crippen molar-refractivity contribution in [1.29, 1.82) is 0 Å². The van der Waals surface area contributed by atoms with E-state index in [0.717, 1.165) is 31.7 Å². The van der Waals surface area contributed by atoms with E-state index in [1.807, 2.05) is 6.07 Å². The number of aryl methyl sites for hydroxylation is 1. The number of benzene rings is 1. The fraction of sp³-hybridized carbons (Fsp3) is 0.538. The molecule has 0 bridgehead atoms. The van der Waals surface area contributed by atoms with Crippen LogP contribution in [0, 0.1) is 6.92 Å². The molecule has 1 heterocycles. The number of phenols is 1. The molecule has 1 atom stereocenters. The SMILES string of the molecule is Cc1ccc(O)c(C(C)N2CCNCC2)c1. The van der Waals surface area contributed by atoms with Gasteiger partial charge in [-0.2, -0.15) is 0 Å². The van der Waals surface area contributed by atoms with Crippen molar-refractivity contribution in [2.45, 2.75) is 19.9 Å². The van der Waals surface area contributed by atoms with E-state index in [9.17, 15) is 5.11 Å². The molecule has 3 nitrogen and oxygen atoms in total. The van der Waals surface area contributed by atoms with Crippen molar-refractivity contribution < 1.29 is 5.11 Å². The van der Waals surface area contributed by atoms with Crippen molar-refractivity contribution in [3.05, 3.63) is 29.3 Å². The van der Waals surface area contributed by atoms with Gasteiger partial charge in [-0.1, -0.05) is 17.7 Å². The Hall–Kier alpha value is -1.06. The minimum atomic E-state index is 0.294. The molecule has 1 fully saturated rings. The molecule has 1 saturated heterocycles. The second kappa shape index (κ2) is 4.85. The van der Waals surface area contributed by atoms with Crippen LogP contribution in [0.15, 0.2) is 18.2 Å². The van der Waals surface area contributed by atoms with Crippen LogP contribution in [0.5, 0.6) is 5.75 Å². The lowest BCUT2D eigenvalue weighted by Gasteiger charge is -2.33. The van der Waals surface area contributed by atoms with Gasteiger partial charge in [0.25, 0.3) is 0 Å². The molecule has 0 saturated carbocycles. The topological polar surface area (TPSA) is 35.5 Å². The van der Waals surface area contributed by atoms with Gasteiger partial charge in [-0.15, -0.1) is 0 Å². The van der Waals surface area contributed by atoms with E-state index in [4.69, 9.17) is 0 Å². The molecule has 3 heteroatoms. The average molecular weight is 220 g/mol. The molecular formula is C13H20N2O. The summed E-state index contributed by atoms with van der Waals surface area (Å²) >= 11 is 0. The summed E-state index contributed by atoms with van der Waals surface area (Å²) in [5.74, 6) is 0.414. The Morgan fingerprint density at radius 1 is 1.31 bits per heavy atom. The number of nitrogens with one attached hydrogen (secondary N) is 1. The molecule has 2 N–H and O–H groups in total. The molecule has 1 aliphatic heterocycles. The summed E-state index contributed by atoms with van der Waals surface area (Å²) in [4.78, 5) is 2.41. The molecule has 1 aromatic rings. The maximum absolute atomic E-state index is 9.89. The van der Waals surface area contributed by atoms with Crippen molar-refractivity contribution in [3.8, 4) is 5.75 Å². The first kappa shape index (κ1) is 11.4. The van der Waals surface area contributed by atoms with Crippen molar-refractivity contribution in [1.82, 2.24) is 10.2 Å². The van der Waals surface area contributed by atoms with Gasteiger partial charge in [-0.3, -0.25) is 4.90 Å². The number of rotatable bonds is 2. The summed E-state index contributed by atoms with van der Waals surface area (Å²) < 4.78 is 0. The summed E-state index contributed by atoms with van der Waals surface area (Å²) in [6.07, 6.45) is 0. The number of piperazine rings is 1. The van der Waals surface area contributed by atoms with Gasteiger partial charge in [-0.05, 0) is 19.9 Å². The Morgan fingerprint density at radius 2 is 2.00 bits per heavy atom. The van der Waals surface area contributed by atoms with Crippen LogP contribution < -0.4 is 5.32 Å². The normalized spacial score (nSPS) is 19.6. The highest BCUT2D eigenvalue weighted by atomic mass is 16.3. The summed E-state index contributed by atoms with van der Waals surface area (Å²) in [6.45, 7) is 8.41. The third-order valence-corrected chi connectivity index (χ3v) is 3.33. The number of nitrogens with zero attached hydrogens (tertiary/aromatic N) is 1. The molecule has 1 aliphatic rings. The van der Waals surface area contributed by atoms with E-state index in [-0.39, 0.29) is 0 Å². The smallest absolute Gasteiger partial charge is 0.120 e. The third kappa shape index (κ3) is 2.36. The third-order valence-electron chi connectivity index (χ3n) is 3.33. The lowest BCUT2D eigenvalue weighted by molar-refractivity contribution is 0.183. The molecular weight excluding hydrogens is 200 g/mol. The van der Waals surface area contributed by atoms with Gasteiger partial charge in [0.1, 0.15) is 5.75 Å².